The summed E-state index contributed by atoms with van der Waals surface area (Å²) in [4.78, 5) is 15.5. The molecule has 1 rings (SSSR count). The highest BCUT2D eigenvalue weighted by Gasteiger charge is 2.16. The van der Waals surface area contributed by atoms with Crippen LogP contribution in [0.2, 0.25) is 0 Å². The van der Waals surface area contributed by atoms with E-state index in [-0.39, 0.29) is 23.4 Å². The zero-order valence-electron chi connectivity index (χ0n) is 11.8. The first-order valence-electron chi connectivity index (χ1n) is 6.34. The lowest BCUT2D eigenvalue weighted by atomic mass is 10.4. The van der Waals surface area contributed by atoms with Gasteiger partial charge in [-0.15, -0.1) is 0 Å². The first kappa shape index (κ1) is 16.4. The number of aromatic nitrogens is 1. The van der Waals surface area contributed by atoms with Crippen molar-refractivity contribution < 1.29 is 13.2 Å². The van der Waals surface area contributed by atoms with Crippen molar-refractivity contribution in [3.63, 3.8) is 0 Å². The maximum absolute atomic E-state index is 12.0. The van der Waals surface area contributed by atoms with Crippen molar-refractivity contribution in [2.45, 2.75) is 31.7 Å². The van der Waals surface area contributed by atoms with Gasteiger partial charge in [0, 0.05) is 24.8 Å². The number of amides is 1. The monoisotopic (exact) mass is 300 g/mol. The molecule has 0 fully saturated rings. The molecule has 1 aromatic rings. The van der Waals surface area contributed by atoms with E-state index in [1.54, 1.807) is 13.8 Å². The summed E-state index contributed by atoms with van der Waals surface area (Å²) in [7, 11) is -3.72. The minimum Gasteiger partial charge on any atom is -0.370 e. The molecule has 7 nitrogen and oxygen atoms in total. The predicted molar refractivity (Wildman–Crippen MR) is 76.9 cm³/mol. The molecule has 0 atom stereocenters. The molecule has 0 aliphatic carbocycles. The molecule has 0 aliphatic heterocycles. The van der Waals surface area contributed by atoms with Crippen LogP contribution in [-0.2, 0) is 14.8 Å². The summed E-state index contributed by atoms with van der Waals surface area (Å²) >= 11 is 0. The van der Waals surface area contributed by atoms with Gasteiger partial charge in [0.1, 0.15) is 5.82 Å². The van der Waals surface area contributed by atoms with E-state index in [0.29, 0.717) is 12.4 Å². The van der Waals surface area contributed by atoms with Crippen LogP contribution in [0.5, 0.6) is 0 Å². The van der Waals surface area contributed by atoms with Gasteiger partial charge >= 0.3 is 0 Å². The molecule has 1 aromatic heterocycles. The van der Waals surface area contributed by atoms with E-state index >= 15 is 0 Å². The minimum absolute atomic E-state index is 0.0340. The smallest absolute Gasteiger partial charge is 0.241 e. The van der Waals surface area contributed by atoms with E-state index in [0.717, 1.165) is 0 Å². The highest BCUT2D eigenvalue weighted by atomic mass is 32.2. The number of pyridine rings is 1. The highest BCUT2D eigenvalue weighted by molar-refractivity contribution is 7.89. The number of hydrogen-bond acceptors (Lipinski definition) is 5. The van der Waals surface area contributed by atoms with Crippen molar-refractivity contribution in [3.8, 4) is 0 Å². The first-order chi connectivity index (χ1) is 9.35. The second-order valence-electron chi connectivity index (χ2n) is 4.45. The number of hydrogen-bond donors (Lipinski definition) is 3. The van der Waals surface area contributed by atoms with Crippen LogP contribution in [0.15, 0.2) is 23.2 Å². The fourth-order valence-corrected chi connectivity index (χ4v) is 2.47. The molecule has 0 unspecified atom stereocenters. The molecule has 8 heteroatoms. The zero-order valence-corrected chi connectivity index (χ0v) is 12.6. The SMILES string of the molecule is CCNc1cc(S(=O)(=O)NCC(=O)NC(C)C)ccn1. The first-order valence-corrected chi connectivity index (χ1v) is 7.82. The van der Waals surface area contributed by atoms with Gasteiger partial charge in [0.05, 0.1) is 11.4 Å². The molecular formula is C12H20N4O3S. The van der Waals surface area contributed by atoms with E-state index in [2.05, 4.69) is 20.3 Å². The molecular weight excluding hydrogens is 280 g/mol. The second kappa shape index (κ2) is 7.20. The van der Waals surface area contributed by atoms with Gasteiger partial charge in [0.15, 0.2) is 0 Å². The molecule has 0 radical (unpaired) electrons. The fraction of sp³-hybridized carbons (Fsp3) is 0.500. The number of nitrogens with zero attached hydrogens (tertiary/aromatic N) is 1. The Morgan fingerprint density at radius 3 is 2.70 bits per heavy atom. The minimum atomic E-state index is -3.72. The van der Waals surface area contributed by atoms with Gasteiger partial charge in [0.25, 0.3) is 0 Å². The lowest BCUT2D eigenvalue weighted by Crippen LogP contribution is -2.39. The Balaban J connectivity index is 2.73. The Kier molecular flexibility index (Phi) is 5.90. The maximum Gasteiger partial charge on any atom is 0.241 e. The third-order valence-electron chi connectivity index (χ3n) is 2.27. The number of carbonyl (C=O) groups is 1. The van der Waals surface area contributed by atoms with Gasteiger partial charge < -0.3 is 10.6 Å². The summed E-state index contributed by atoms with van der Waals surface area (Å²) in [6.45, 7) is 5.84. The molecule has 0 aromatic carbocycles. The number of nitrogens with one attached hydrogen (secondary N) is 3. The van der Waals surface area contributed by atoms with Crippen molar-refractivity contribution in [2.24, 2.45) is 0 Å². The van der Waals surface area contributed by atoms with Gasteiger partial charge in [-0.3, -0.25) is 4.79 Å². The molecule has 1 heterocycles. The lowest BCUT2D eigenvalue weighted by Gasteiger charge is -2.10. The van der Waals surface area contributed by atoms with Gasteiger partial charge in [-0.1, -0.05) is 0 Å². The molecule has 0 bridgehead atoms. The van der Waals surface area contributed by atoms with Crippen LogP contribution in [0.1, 0.15) is 20.8 Å². The molecule has 0 saturated carbocycles. The summed E-state index contributed by atoms with van der Waals surface area (Å²) in [5, 5.41) is 5.54. The summed E-state index contributed by atoms with van der Waals surface area (Å²) in [5.41, 5.74) is 0. The van der Waals surface area contributed by atoms with Crippen LogP contribution >= 0.6 is 0 Å². The largest absolute Gasteiger partial charge is 0.370 e. The Morgan fingerprint density at radius 1 is 1.40 bits per heavy atom. The summed E-state index contributed by atoms with van der Waals surface area (Å²) < 4.78 is 26.3. The number of rotatable bonds is 7. The Morgan fingerprint density at radius 2 is 2.10 bits per heavy atom. The Hall–Kier alpha value is -1.67. The molecule has 112 valence electrons. The van der Waals surface area contributed by atoms with Crippen LogP contribution in [0, 0.1) is 0 Å². The summed E-state index contributed by atoms with van der Waals surface area (Å²) in [5.74, 6) is 0.103. The van der Waals surface area contributed by atoms with E-state index in [1.165, 1.54) is 18.3 Å². The quantitative estimate of drug-likeness (QED) is 0.673. The van der Waals surface area contributed by atoms with Crippen LogP contribution < -0.4 is 15.4 Å². The molecule has 0 saturated heterocycles. The molecule has 20 heavy (non-hydrogen) atoms. The standard InChI is InChI=1S/C12H20N4O3S/c1-4-13-11-7-10(5-6-14-11)20(18,19)15-8-12(17)16-9(2)3/h5-7,9,15H,4,8H2,1-3H3,(H,13,14)(H,16,17). The van der Waals surface area contributed by atoms with Crippen molar-refractivity contribution in [1.29, 1.82) is 0 Å². The fourth-order valence-electron chi connectivity index (χ4n) is 1.47. The van der Waals surface area contributed by atoms with Crippen LogP contribution in [-0.4, -0.2) is 38.4 Å². The zero-order chi connectivity index (χ0) is 15.2. The van der Waals surface area contributed by atoms with Crippen LogP contribution in [0.3, 0.4) is 0 Å². The summed E-state index contributed by atoms with van der Waals surface area (Å²) in [6, 6.07) is 2.77. The number of anilines is 1. The number of sulfonamides is 1. The average Bonchev–Trinajstić information content (AvgIpc) is 2.37. The van der Waals surface area contributed by atoms with E-state index in [9.17, 15) is 13.2 Å². The Labute approximate surface area is 119 Å². The average molecular weight is 300 g/mol. The topological polar surface area (TPSA) is 100 Å². The van der Waals surface area contributed by atoms with Crippen molar-refractivity contribution in [3.05, 3.63) is 18.3 Å². The van der Waals surface area contributed by atoms with Gasteiger partial charge in [-0.2, -0.15) is 0 Å². The van der Waals surface area contributed by atoms with Crippen molar-refractivity contribution >= 4 is 21.7 Å². The molecule has 0 spiro atoms. The predicted octanol–water partition coefficient (Wildman–Crippen LogP) is 0.316. The van der Waals surface area contributed by atoms with E-state index in [1.807, 2.05) is 6.92 Å². The van der Waals surface area contributed by atoms with Gasteiger partial charge in [0.2, 0.25) is 15.9 Å². The lowest BCUT2D eigenvalue weighted by molar-refractivity contribution is -0.120. The normalized spacial score (nSPS) is 11.4. The molecule has 0 aliphatic rings. The molecule has 3 N–H and O–H groups in total. The second-order valence-corrected chi connectivity index (χ2v) is 6.22. The summed E-state index contributed by atoms with van der Waals surface area (Å²) in [6.07, 6.45) is 1.40. The van der Waals surface area contributed by atoms with Crippen molar-refractivity contribution in [1.82, 2.24) is 15.0 Å². The molecule has 1 amide bonds. The van der Waals surface area contributed by atoms with Crippen LogP contribution in [0.25, 0.3) is 0 Å². The van der Waals surface area contributed by atoms with Crippen LogP contribution in [0.4, 0.5) is 5.82 Å². The van der Waals surface area contributed by atoms with Gasteiger partial charge in [-0.25, -0.2) is 18.1 Å². The Bertz CT molecular complexity index is 558. The van der Waals surface area contributed by atoms with E-state index < -0.39 is 10.0 Å². The third-order valence-corrected chi connectivity index (χ3v) is 3.67. The highest BCUT2D eigenvalue weighted by Crippen LogP contribution is 2.12. The van der Waals surface area contributed by atoms with Crippen molar-refractivity contribution in [2.75, 3.05) is 18.4 Å². The third kappa shape index (κ3) is 5.14. The number of carbonyl (C=O) groups excluding carboxylic acids is 1. The van der Waals surface area contributed by atoms with E-state index in [4.69, 9.17) is 0 Å². The maximum atomic E-state index is 12.0. The van der Waals surface area contributed by atoms with Gasteiger partial charge in [-0.05, 0) is 26.8 Å².